The van der Waals surface area contributed by atoms with E-state index in [9.17, 15) is 0 Å². The lowest BCUT2D eigenvalue weighted by Gasteiger charge is -1.96. The molecule has 0 saturated heterocycles. The Morgan fingerprint density at radius 3 is 2.56 bits per heavy atom. The largest absolute Gasteiger partial charge is 0.122 e. The van der Waals surface area contributed by atoms with E-state index in [1.54, 1.807) is 11.8 Å². The van der Waals surface area contributed by atoms with Crippen LogP contribution in [-0.2, 0) is 0 Å². The Bertz CT molecular complexity index is 79.0. The molecule has 0 aliphatic rings. The third-order valence-corrected chi connectivity index (χ3v) is 2.58. The van der Waals surface area contributed by atoms with Gasteiger partial charge in [0.1, 0.15) is 0 Å². The number of thioether (sulfide) groups is 1. The molecule has 0 amide bonds. The fourth-order valence-electron chi connectivity index (χ4n) is 0.621. The molecule has 0 heterocycles. The van der Waals surface area contributed by atoms with E-state index in [0.29, 0.717) is 0 Å². The van der Waals surface area contributed by atoms with Gasteiger partial charge in [-0.1, -0.05) is 32.0 Å². The Labute approximate surface area is 67.4 Å². The first-order chi connectivity index (χ1) is 4.31. The summed E-state index contributed by atoms with van der Waals surface area (Å²) >= 11 is 6.74. The first-order valence-corrected chi connectivity index (χ1v) is 5.01. The molecule has 0 atom stereocenters. The summed E-state index contributed by atoms with van der Waals surface area (Å²) in [4.78, 5) is 0. The van der Waals surface area contributed by atoms with Crippen molar-refractivity contribution in [3.05, 3.63) is 0 Å². The van der Waals surface area contributed by atoms with Gasteiger partial charge in [0.25, 0.3) is 0 Å². The van der Waals surface area contributed by atoms with Gasteiger partial charge in [0.2, 0.25) is 0 Å². The summed E-state index contributed by atoms with van der Waals surface area (Å²) in [5.41, 5.74) is 0. The van der Waals surface area contributed by atoms with Crippen molar-refractivity contribution >= 4 is 28.2 Å². The van der Waals surface area contributed by atoms with Gasteiger partial charge >= 0.3 is 0 Å². The first kappa shape index (κ1) is 9.44. The van der Waals surface area contributed by atoms with Gasteiger partial charge < -0.3 is 0 Å². The van der Waals surface area contributed by atoms with Crippen LogP contribution in [0.15, 0.2) is 0 Å². The molecule has 0 fully saturated rings. The fourth-order valence-corrected chi connectivity index (χ4v) is 1.11. The first-order valence-electron chi connectivity index (χ1n) is 3.38. The number of unbranched alkanes of at least 4 members (excludes halogenated alkanes) is 2. The van der Waals surface area contributed by atoms with Gasteiger partial charge in [-0.3, -0.25) is 0 Å². The van der Waals surface area contributed by atoms with Crippen molar-refractivity contribution in [2.24, 2.45) is 0 Å². The zero-order chi connectivity index (χ0) is 7.11. The SMILES string of the molecule is CCCCCC(=S)SC. The van der Waals surface area contributed by atoms with Crippen molar-refractivity contribution in [3.8, 4) is 0 Å². The highest BCUT2D eigenvalue weighted by Gasteiger charge is 1.91. The summed E-state index contributed by atoms with van der Waals surface area (Å²) < 4.78 is 1.16. The molecule has 0 saturated carbocycles. The molecule has 0 aliphatic carbocycles. The summed E-state index contributed by atoms with van der Waals surface area (Å²) in [5, 5.41) is 0. The van der Waals surface area contributed by atoms with Crippen LogP contribution >= 0.6 is 24.0 Å². The zero-order valence-corrected chi connectivity index (χ0v) is 7.78. The Hall–Kier alpha value is 0.440. The predicted molar refractivity (Wildman–Crippen MR) is 50.3 cm³/mol. The van der Waals surface area contributed by atoms with Crippen molar-refractivity contribution in [1.82, 2.24) is 0 Å². The van der Waals surface area contributed by atoms with Crippen molar-refractivity contribution in [2.75, 3.05) is 6.26 Å². The van der Waals surface area contributed by atoms with Gasteiger partial charge in [0, 0.05) is 4.20 Å². The minimum absolute atomic E-state index is 1.13. The van der Waals surface area contributed by atoms with Crippen LogP contribution in [0.4, 0.5) is 0 Å². The van der Waals surface area contributed by atoms with Crippen molar-refractivity contribution < 1.29 is 0 Å². The zero-order valence-electron chi connectivity index (χ0n) is 6.14. The fraction of sp³-hybridized carbons (Fsp3) is 0.857. The second-order valence-corrected chi connectivity index (χ2v) is 3.69. The molecule has 9 heavy (non-hydrogen) atoms. The smallest absolute Gasteiger partial charge is 0.0475 e. The van der Waals surface area contributed by atoms with E-state index < -0.39 is 0 Å². The van der Waals surface area contributed by atoms with Gasteiger partial charge in [0.05, 0.1) is 0 Å². The lowest BCUT2D eigenvalue weighted by atomic mass is 10.2. The van der Waals surface area contributed by atoms with E-state index in [1.807, 2.05) is 6.26 Å². The maximum absolute atomic E-state index is 5.03. The molecule has 0 spiro atoms. The van der Waals surface area contributed by atoms with E-state index in [4.69, 9.17) is 12.2 Å². The molecular weight excluding hydrogens is 148 g/mol. The normalized spacial score (nSPS) is 9.56. The Morgan fingerprint density at radius 1 is 1.44 bits per heavy atom. The number of hydrogen-bond donors (Lipinski definition) is 0. The minimum Gasteiger partial charge on any atom is -0.122 e. The molecule has 0 aromatic rings. The molecule has 0 aliphatic heterocycles. The van der Waals surface area contributed by atoms with Crippen molar-refractivity contribution in [1.29, 1.82) is 0 Å². The number of hydrogen-bond acceptors (Lipinski definition) is 2. The molecule has 0 aromatic heterocycles. The summed E-state index contributed by atoms with van der Waals surface area (Å²) in [5.74, 6) is 0. The summed E-state index contributed by atoms with van der Waals surface area (Å²) in [7, 11) is 0. The van der Waals surface area contributed by atoms with Gasteiger partial charge in [-0.25, -0.2) is 0 Å². The molecule has 0 unspecified atom stereocenters. The molecule has 0 bridgehead atoms. The average molecular weight is 162 g/mol. The molecule has 0 aromatic carbocycles. The topological polar surface area (TPSA) is 0 Å². The second-order valence-electron chi connectivity index (χ2n) is 2.03. The van der Waals surface area contributed by atoms with Crippen LogP contribution in [0.1, 0.15) is 32.6 Å². The standard InChI is InChI=1S/C7H14S2/c1-3-4-5-6-7(8)9-2/h3-6H2,1-2H3. The molecule has 54 valence electrons. The maximum atomic E-state index is 5.03. The minimum atomic E-state index is 1.13. The Kier molecular flexibility index (Phi) is 6.88. The number of thiocarbonyl (C=S) groups is 1. The van der Waals surface area contributed by atoms with E-state index in [-0.39, 0.29) is 0 Å². The van der Waals surface area contributed by atoms with Crippen LogP contribution in [0.2, 0.25) is 0 Å². The van der Waals surface area contributed by atoms with Crippen LogP contribution in [-0.4, -0.2) is 10.5 Å². The third-order valence-electron chi connectivity index (χ3n) is 1.21. The van der Waals surface area contributed by atoms with Gasteiger partial charge in [-0.2, -0.15) is 0 Å². The van der Waals surface area contributed by atoms with Crippen LogP contribution in [0.5, 0.6) is 0 Å². The maximum Gasteiger partial charge on any atom is 0.0475 e. The van der Waals surface area contributed by atoms with E-state index in [1.165, 1.54) is 19.3 Å². The van der Waals surface area contributed by atoms with E-state index in [0.717, 1.165) is 10.6 Å². The Balaban J connectivity index is 2.97. The highest BCUT2D eigenvalue weighted by molar-refractivity contribution is 8.22. The van der Waals surface area contributed by atoms with Crippen molar-refractivity contribution in [3.63, 3.8) is 0 Å². The van der Waals surface area contributed by atoms with E-state index >= 15 is 0 Å². The summed E-state index contributed by atoms with van der Waals surface area (Å²) in [6.07, 6.45) is 7.06. The second kappa shape index (κ2) is 6.56. The monoisotopic (exact) mass is 162 g/mol. The van der Waals surface area contributed by atoms with Crippen molar-refractivity contribution in [2.45, 2.75) is 32.6 Å². The molecule has 2 heteroatoms. The molecule has 0 radical (unpaired) electrons. The van der Waals surface area contributed by atoms with Gasteiger partial charge in [-0.05, 0) is 19.1 Å². The number of rotatable bonds is 4. The lowest BCUT2D eigenvalue weighted by molar-refractivity contribution is 0.747. The van der Waals surface area contributed by atoms with E-state index in [2.05, 4.69) is 6.92 Å². The molecule has 0 rings (SSSR count). The average Bonchev–Trinajstić information content (AvgIpc) is 1.89. The highest BCUT2D eigenvalue weighted by atomic mass is 32.2. The van der Waals surface area contributed by atoms with Gasteiger partial charge in [-0.15, -0.1) is 11.8 Å². The molecular formula is C7H14S2. The van der Waals surface area contributed by atoms with Gasteiger partial charge in [0.15, 0.2) is 0 Å². The predicted octanol–water partition coefficient (Wildman–Crippen LogP) is 3.26. The third kappa shape index (κ3) is 6.32. The van der Waals surface area contributed by atoms with Crippen LogP contribution in [0.25, 0.3) is 0 Å². The molecule has 0 N–H and O–H groups in total. The quantitative estimate of drug-likeness (QED) is 0.460. The highest BCUT2D eigenvalue weighted by Crippen LogP contribution is 2.08. The molecule has 0 nitrogen and oxygen atoms in total. The summed E-state index contributed by atoms with van der Waals surface area (Å²) in [6.45, 7) is 2.21. The van der Waals surface area contributed by atoms with Crippen LogP contribution < -0.4 is 0 Å². The van der Waals surface area contributed by atoms with Crippen LogP contribution in [0, 0.1) is 0 Å². The lowest BCUT2D eigenvalue weighted by Crippen LogP contribution is -1.85. The van der Waals surface area contributed by atoms with Crippen LogP contribution in [0.3, 0.4) is 0 Å². The Morgan fingerprint density at radius 2 is 2.11 bits per heavy atom. The summed E-state index contributed by atoms with van der Waals surface area (Å²) in [6, 6.07) is 0.